The number of ether oxygens (including phenoxy) is 1. The summed E-state index contributed by atoms with van der Waals surface area (Å²) in [6, 6.07) is 15.3. The van der Waals surface area contributed by atoms with Crippen molar-refractivity contribution in [3.05, 3.63) is 65.2 Å². The van der Waals surface area contributed by atoms with E-state index in [2.05, 4.69) is 5.16 Å². The third kappa shape index (κ3) is 3.25. The van der Waals surface area contributed by atoms with Crippen molar-refractivity contribution in [1.29, 1.82) is 0 Å². The van der Waals surface area contributed by atoms with E-state index in [1.165, 1.54) is 0 Å². The summed E-state index contributed by atoms with van der Waals surface area (Å²) in [7, 11) is 0. The molecule has 0 amide bonds. The third-order valence-electron chi connectivity index (χ3n) is 2.82. The number of oxime groups is 1. The molecule has 0 bridgehead atoms. The van der Waals surface area contributed by atoms with Gasteiger partial charge in [0.05, 0.1) is 0 Å². The standard InChI is InChI=1S/C15H16N2O2/c1-11-5-2-3-8-14(11)19-10-12-6-4-7-13(9-12)15(16)17-18/h2-9,18H,10H2,1H3,(H2,16,17). The van der Waals surface area contributed by atoms with E-state index < -0.39 is 0 Å². The van der Waals surface area contributed by atoms with Gasteiger partial charge in [0.2, 0.25) is 0 Å². The number of benzene rings is 2. The van der Waals surface area contributed by atoms with Crippen LogP contribution in [0.2, 0.25) is 0 Å². The van der Waals surface area contributed by atoms with Gasteiger partial charge in [-0.25, -0.2) is 0 Å². The molecule has 2 aromatic rings. The van der Waals surface area contributed by atoms with Crippen LogP contribution in [0.4, 0.5) is 0 Å². The summed E-state index contributed by atoms with van der Waals surface area (Å²) in [5.41, 5.74) is 8.29. The molecule has 0 aliphatic heterocycles. The van der Waals surface area contributed by atoms with Crippen LogP contribution in [0.5, 0.6) is 5.75 Å². The molecule has 0 unspecified atom stereocenters. The Bertz CT molecular complexity index is 594. The summed E-state index contributed by atoms with van der Waals surface area (Å²) in [6.45, 7) is 2.44. The summed E-state index contributed by atoms with van der Waals surface area (Å²) in [4.78, 5) is 0. The van der Waals surface area contributed by atoms with E-state index in [4.69, 9.17) is 15.7 Å². The molecule has 0 radical (unpaired) electrons. The van der Waals surface area contributed by atoms with E-state index in [0.29, 0.717) is 12.2 Å². The second kappa shape index (κ2) is 5.91. The van der Waals surface area contributed by atoms with Crippen LogP contribution in [0.15, 0.2) is 53.7 Å². The first kappa shape index (κ1) is 13.0. The van der Waals surface area contributed by atoms with Crippen molar-refractivity contribution >= 4 is 5.84 Å². The average Bonchev–Trinajstić information content (AvgIpc) is 2.46. The van der Waals surface area contributed by atoms with Crippen molar-refractivity contribution in [2.24, 2.45) is 10.9 Å². The van der Waals surface area contributed by atoms with Crippen LogP contribution in [-0.2, 0) is 6.61 Å². The van der Waals surface area contributed by atoms with Gasteiger partial charge in [-0.1, -0.05) is 41.6 Å². The van der Waals surface area contributed by atoms with E-state index in [1.807, 2.05) is 49.4 Å². The van der Waals surface area contributed by atoms with Crippen LogP contribution in [0.3, 0.4) is 0 Å². The summed E-state index contributed by atoms with van der Waals surface area (Å²) in [6.07, 6.45) is 0. The molecule has 0 heterocycles. The number of para-hydroxylation sites is 1. The second-order valence-corrected chi connectivity index (χ2v) is 4.24. The first-order chi connectivity index (χ1) is 9.20. The van der Waals surface area contributed by atoms with Gasteiger partial charge in [-0.3, -0.25) is 0 Å². The Morgan fingerprint density at radius 1 is 1.21 bits per heavy atom. The highest BCUT2D eigenvalue weighted by Gasteiger charge is 2.02. The minimum absolute atomic E-state index is 0.0951. The monoisotopic (exact) mass is 256 g/mol. The molecule has 0 aromatic heterocycles. The Balaban J connectivity index is 2.10. The molecule has 98 valence electrons. The molecule has 19 heavy (non-hydrogen) atoms. The minimum atomic E-state index is 0.0951. The first-order valence-corrected chi connectivity index (χ1v) is 5.96. The van der Waals surface area contributed by atoms with Crippen LogP contribution in [0, 0.1) is 6.92 Å². The van der Waals surface area contributed by atoms with Crippen LogP contribution < -0.4 is 10.5 Å². The van der Waals surface area contributed by atoms with Gasteiger partial charge in [-0.15, -0.1) is 0 Å². The number of amidine groups is 1. The SMILES string of the molecule is Cc1ccccc1OCc1cccc(/C(N)=N/O)c1. The van der Waals surface area contributed by atoms with Gasteiger partial charge in [-0.05, 0) is 30.2 Å². The Morgan fingerprint density at radius 2 is 2.00 bits per heavy atom. The number of nitrogens with two attached hydrogens (primary N) is 1. The van der Waals surface area contributed by atoms with Crippen LogP contribution in [0.1, 0.15) is 16.7 Å². The largest absolute Gasteiger partial charge is 0.489 e. The van der Waals surface area contributed by atoms with E-state index >= 15 is 0 Å². The number of nitrogens with zero attached hydrogens (tertiary/aromatic N) is 1. The Hall–Kier alpha value is -2.49. The fourth-order valence-corrected chi connectivity index (χ4v) is 1.76. The smallest absolute Gasteiger partial charge is 0.170 e. The van der Waals surface area contributed by atoms with Gasteiger partial charge in [0.15, 0.2) is 5.84 Å². The maximum absolute atomic E-state index is 8.66. The van der Waals surface area contributed by atoms with Gasteiger partial charge in [-0.2, -0.15) is 0 Å². The number of hydrogen-bond donors (Lipinski definition) is 2. The number of hydrogen-bond acceptors (Lipinski definition) is 3. The zero-order valence-corrected chi connectivity index (χ0v) is 10.7. The van der Waals surface area contributed by atoms with E-state index in [-0.39, 0.29) is 5.84 Å². The van der Waals surface area contributed by atoms with Crippen molar-refractivity contribution in [2.75, 3.05) is 0 Å². The molecule has 2 rings (SSSR count). The van der Waals surface area contributed by atoms with Gasteiger partial charge in [0.25, 0.3) is 0 Å². The highest BCUT2D eigenvalue weighted by atomic mass is 16.5. The molecule has 2 aromatic carbocycles. The molecule has 3 N–H and O–H groups in total. The van der Waals surface area contributed by atoms with Crippen molar-refractivity contribution in [2.45, 2.75) is 13.5 Å². The predicted molar refractivity (Wildman–Crippen MR) is 74.5 cm³/mol. The van der Waals surface area contributed by atoms with E-state index in [9.17, 15) is 0 Å². The fraction of sp³-hybridized carbons (Fsp3) is 0.133. The molecule has 0 spiro atoms. The number of rotatable bonds is 4. The zero-order valence-electron chi connectivity index (χ0n) is 10.7. The molecule has 0 saturated carbocycles. The Morgan fingerprint density at radius 3 is 2.74 bits per heavy atom. The predicted octanol–water partition coefficient (Wildman–Crippen LogP) is 2.67. The summed E-state index contributed by atoms with van der Waals surface area (Å²) in [5, 5.41) is 11.6. The highest BCUT2D eigenvalue weighted by Crippen LogP contribution is 2.18. The van der Waals surface area contributed by atoms with Crippen molar-refractivity contribution in [3.8, 4) is 5.75 Å². The van der Waals surface area contributed by atoms with Crippen molar-refractivity contribution in [3.63, 3.8) is 0 Å². The van der Waals surface area contributed by atoms with Crippen molar-refractivity contribution < 1.29 is 9.94 Å². The summed E-state index contributed by atoms with van der Waals surface area (Å²) >= 11 is 0. The minimum Gasteiger partial charge on any atom is -0.489 e. The highest BCUT2D eigenvalue weighted by molar-refractivity contribution is 5.97. The third-order valence-corrected chi connectivity index (χ3v) is 2.82. The van der Waals surface area contributed by atoms with E-state index in [0.717, 1.165) is 16.9 Å². The van der Waals surface area contributed by atoms with Gasteiger partial charge in [0, 0.05) is 5.56 Å². The zero-order chi connectivity index (χ0) is 13.7. The summed E-state index contributed by atoms with van der Waals surface area (Å²) in [5.74, 6) is 0.953. The lowest BCUT2D eigenvalue weighted by Gasteiger charge is -2.09. The maximum atomic E-state index is 8.66. The molecule has 4 nitrogen and oxygen atoms in total. The molecule has 0 aliphatic carbocycles. The Labute approximate surface area is 112 Å². The molecular weight excluding hydrogens is 240 g/mol. The lowest BCUT2D eigenvalue weighted by molar-refractivity contribution is 0.304. The maximum Gasteiger partial charge on any atom is 0.170 e. The molecule has 0 saturated heterocycles. The molecule has 0 aliphatic rings. The van der Waals surface area contributed by atoms with Crippen molar-refractivity contribution in [1.82, 2.24) is 0 Å². The van der Waals surface area contributed by atoms with Gasteiger partial charge >= 0.3 is 0 Å². The van der Waals surface area contributed by atoms with E-state index in [1.54, 1.807) is 6.07 Å². The topological polar surface area (TPSA) is 67.8 Å². The summed E-state index contributed by atoms with van der Waals surface area (Å²) < 4.78 is 5.75. The molecule has 0 fully saturated rings. The number of aryl methyl sites for hydroxylation is 1. The average molecular weight is 256 g/mol. The fourth-order valence-electron chi connectivity index (χ4n) is 1.76. The van der Waals surface area contributed by atoms with Crippen LogP contribution in [-0.4, -0.2) is 11.0 Å². The lowest BCUT2D eigenvalue weighted by atomic mass is 10.1. The van der Waals surface area contributed by atoms with Crippen LogP contribution >= 0.6 is 0 Å². The lowest BCUT2D eigenvalue weighted by Crippen LogP contribution is -2.13. The van der Waals surface area contributed by atoms with Gasteiger partial charge in [0.1, 0.15) is 12.4 Å². The molecular formula is C15H16N2O2. The quantitative estimate of drug-likeness (QED) is 0.382. The van der Waals surface area contributed by atoms with Crippen LogP contribution in [0.25, 0.3) is 0 Å². The Kier molecular flexibility index (Phi) is 4.03. The molecule has 0 atom stereocenters. The first-order valence-electron chi connectivity index (χ1n) is 5.96. The van der Waals surface area contributed by atoms with Gasteiger partial charge < -0.3 is 15.7 Å². The second-order valence-electron chi connectivity index (χ2n) is 4.24. The molecule has 4 heteroatoms. The normalized spacial score (nSPS) is 11.3.